The van der Waals surface area contributed by atoms with Gasteiger partial charge in [-0.15, -0.1) is 11.3 Å². The van der Waals surface area contributed by atoms with E-state index in [2.05, 4.69) is 4.98 Å². The molecular formula is C18H15NO3S. The summed E-state index contributed by atoms with van der Waals surface area (Å²) in [4.78, 5) is 15.5. The van der Waals surface area contributed by atoms with Crippen LogP contribution in [0.25, 0.3) is 11.3 Å². The lowest BCUT2D eigenvalue weighted by Gasteiger charge is -2.01. The van der Waals surface area contributed by atoms with Gasteiger partial charge in [-0.25, -0.2) is 9.78 Å². The Labute approximate surface area is 138 Å². The third-order valence-electron chi connectivity index (χ3n) is 3.49. The maximum Gasteiger partial charge on any atom is 0.335 e. The lowest BCUT2D eigenvalue weighted by molar-refractivity contribution is 0.0697. The standard InChI is InChI=1S/C18H15NO3S/c1-22-15-8-6-13(7-9-15)16-11-23-17(19-16)10-12-2-4-14(5-3-12)18(20)21/h2-9,11H,10H2,1H3,(H,20,21). The Morgan fingerprint density at radius 2 is 1.83 bits per heavy atom. The Morgan fingerprint density at radius 3 is 2.43 bits per heavy atom. The molecule has 3 aromatic rings. The molecular weight excluding hydrogens is 310 g/mol. The molecule has 2 aromatic carbocycles. The molecule has 0 spiro atoms. The number of thiazole rings is 1. The summed E-state index contributed by atoms with van der Waals surface area (Å²) < 4.78 is 5.16. The Balaban J connectivity index is 1.74. The molecule has 1 aromatic heterocycles. The van der Waals surface area contributed by atoms with Crippen molar-refractivity contribution >= 4 is 17.3 Å². The molecule has 1 N–H and O–H groups in total. The van der Waals surface area contributed by atoms with Crippen molar-refractivity contribution in [3.63, 3.8) is 0 Å². The number of carboxylic acid groups (broad SMARTS) is 1. The second kappa shape index (κ2) is 6.62. The maximum atomic E-state index is 10.9. The van der Waals surface area contributed by atoms with Gasteiger partial charge in [-0.05, 0) is 42.0 Å². The van der Waals surface area contributed by atoms with Gasteiger partial charge in [0.15, 0.2) is 0 Å². The minimum absolute atomic E-state index is 0.298. The number of carboxylic acids is 1. The van der Waals surface area contributed by atoms with E-state index < -0.39 is 5.97 Å². The van der Waals surface area contributed by atoms with E-state index in [-0.39, 0.29) is 0 Å². The first-order valence-corrected chi connectivity index (χ1v) is 7.95. The molecule has 116 valence electrons. The van der Waals surface area contributed by atoms with Crippen LogP contribution < -0.4 is 4.74 Å². The number of nitrogens with zero attached hydrogens (tertiary/aromatic N) is 1. The van der Waals surface area contributed by atoms with E-state index in [0.717, 1.165) is 27.6 Å². The van der Waals surface area contributed by atoms with E-state index in [1.54, 1.807) is 30.6 Å². The number of methoxy groups -OCH3 is 1. The highest BCUT2D eigenvalue weighted by molar-refractivity contribution is 7.10. The van der Waals surface area contributed by atoms with Crippen molar-refractivity contribution < 1.29 is 14.6 Å². The molecule has 0 unspecified atom stereocenters. The minimum atomic E-state index is -0.910. The second-order valence-electron chi connectivity index (χ2n) is 5.03. The molecule has 5 heteroatoms. The van der Waals surface area contributed by atoms with Crippen LogP contribution in [-0.4, -0.2) is 23.2 Å². The average Bonchev–Trinajstić information content (AvgIpc) is 3.04. The van der Waals surface area contributed by atoms with Gasteiger partial charge in [-0.2, -0.15) is 0 Å². The first-order chi connectivity index (χ1) is 11.2. The Morgan fingerprint density at radius 1 is 1.13 bits per heavy atom. The zero-order valence-electron chi connectivity index (χ0n) is 12.5. The molecule has 23 heavy (non-hydrogen) atoms. The minimum Gasteiger partial charge on any atom is -0.497 e. The monoisotopic (exact) mass is 325 g/mol. The summed E-state index contributed by atoms with van der Waals surface area (Å²) in [6.45, 7) is 0. The van der Waals surface area contributed by atoms with Gasteiger partial charge in [0.1, 0.15) is 5.75 Å². The van der Waals surface area contributed by atoms with Crippen LogP contribution in [0.2, 0.25) is 0 Å². The van der Waals surface area contributed by atoms with Crippen LogP contribution in [0.5, 0.6) is 5.75 Å². The van der Waals surface area contributed by atoms with E-state index >= 15 is 0 Å². The third kappa shape index (κ3) is 3.57. The highest BCUT2D eigenvalue weighted by Crippen LogP contribution is 2.25. The average molecular weight is 325 g/mol. The fraction of sp³-hybridized carbons (Fsp3) is 0.111. The molecule has 0 atom stereocenters. The highest BCUT2D eigenvalue weighted by atomic mass is 32.1. The molecule has 0 radical (unpaired) electrons. The molecule has 0 aliphatic rings. The molecule has 0 aliphatic heterocycles. The molecule has 0 aliphatic carbocycles. The van der Waals surface area contributed by atoms with E-state index in [4.69, 9.17) is 9.84 Å². The summed E-state index contributed by atoms with van der Waals surface area (Å²) in [5.41, 5.74) is 3.33. The number of ether oxygens (including phenoxy) is 1. The van der Waals surface area contributed by atoms with Crippen LogP contribution in [0, 0.1) is 0 Å². The predicted molar refractivity (Wildman–Crippen MR) is 90.3 cm³/mol. The zero-order chi connectivity index (χ0) is 16.2. The number of aromatic nitrogens is 1. The molecule has 4 nitrogen and oxygen atoms in total. The van der Waals surface area contributed by atoms with Crippen molar-refractivity contribution in [2.45, 2.75) is 6.42 Å². The number of carbonyl (C=O) groups is 1. The van der Waals surface area contributed by atoms with Crippen molar-refractivity contribution in [2.24, 2.45) is 0 Å². The number of hydrogen-bond acceptors (Lipinski definition) is 4. The zero-order valence-corrected chi connectivity index (χ0v) is 13.3. The summed E-state index contributed by atoms with van der Waals surface area (Å²) in [6, 6.07) is 14.7. The van der Waals surface area contributed by atoms with Crippen molar-refractivity contribution in [3.05, 3.63) is 70.0 Å². The fourth-order valence-corrected chi connectivity index (χ4v) is 3.06. The fourth-order valence-electron chi connectivity index (χ4n) is 2.23. The summed E-state index contributed by atoms with van der Waals surface area (Å²) in [5.74, 6) is -0.0877. The first kappa shape index (κ1) is 15.2. The Bertz CT molecular complexity index is 807. The second-order valence-corrected chi connectivity index (χ2v) is 5.98. The molecule has 0 fully saturated rings. The quantitative estimate of drug-likeness (QED) is 0.767. The summed E-state index contributed by atoms with van der Waals surface area (Å²) in [6.07, 6.45) is 0.695. The van der Waals surface area contributed by atoms with Crippen LogP contribution in [0.3, 0.4) is 0 Å². The first-order valence-electron chi connectivity index (χ1n) is 7.07. The van der Waals surface area contributed by atoms with Crippen molar-refractivity contribution in [1.82, 2.24) is 4.98 Å². The smallest absolute Gasteiger partial charge is 0.335 e. The number of benzene rings is 2. The van der Waals surface area contributed by atoms with Crippen LogP contribution in [0.1, 0.15) is 20.9 Å². The highest BCUT2D eigenvalue weighted by Gasteiger charge is 2.07. The van der Waals surface area contributed by atoms with E-state index in [0.29, 0.717) is 12.0 Å². The van der Waals surface area contributed by atoms with Gasteiger partial charge in [-0.3, -0.25) is 0 Å². The van der Waals surface area contributed by atoms with Crippen LogP contribution in [0.4, 0.5) is 0 Å². The molecule has 3 rings (SSSR count). The topological polar surface area (TPSA) is 59.4 Å². The van der Waals surface area contributed by atoms with E-state index in [1.807, 2.05) is 41.8 Å². The van der Waals surface area contributed by atoms with Crippen molar-refractivity contribution in [2.75, 3.05) is 7.11 Å². The van der Waals surface area contributed by atoms with Crippen molar-refractivity contribution in [1.29, 1.82) is 0 Å². The molecule has 0 amide bonds. The molecule has 0 saturated heterocycles. The summed E-state index contributed by atoms with van der Waals surface area (Å²) in [7, 11) is 1.64. The number of aromatic carboxylic acids is 1. The van der Waals surface area contributed by atoms with Gasteiger partial charge in [0, 0.05) is 17.4 Å². The van der Waals surface area contributed by atoms with Gasteiger partial charge >= 0.3 is 5.97 Å². The molecule has 0 saturated carbocycles. The Hall–Kier alpha value is -2.66. The third-order valence-corrected chi connectivity index (χ3v) is 4.34. The van der Waals surface area contributed by atoms with Crippen LogP contribution in [-0.2, 0) is 6.42 Å². The van der Waals surface area contributed by atoms with Gasteiger partial charge in [0.05, 0.1) is 23.4 Å². The maximum absolute atomic E-state index is 10.9. The lowest BCUT2D eigenvalue weighted by Crippen LogP contribution is -1.96. The van der Waals surface area contributed by atoms with E-state index in [9.17, 15) is 4.79 Å². The van der Waals surface area contributed by atoms with Gasteiger partial charge in [-0.1, -0.05) is 12.1 Å². The predicted octanol–water partition coefficient (Wildman–Crippen LogP) is 4.11. The number of hydrogen-bond donors (Lipinski definition) is 1. The van der Waals surface area contributed by atoms with Crippen LogP contribution >= 0.6 is 11.3 Å². The summed E-state index contributed by atoms with van der Waals surface area (Å²) in [5, 5.41) is 11.9. The SMILES string of the molecule is COc1ccc(-c2csc(Cc3ccc(C(=O)O)cc3)n2)cc1. The van der Waals surface area contributed by atoms with Crippen molar-refractivity contribution in [3.8, 4) is 17.0 Å². The Kier molecular flexibility index (Phi) is 4.39. The van der Waals surface area contributed by atoms with Gasteiger partial charge in [0.25, 0.3) is 0 Å². The van der Waals surface area contributed by atoms with Gasteiger partial charge < -0.3 is 9.84 Å². The molecule has 1 heterocycles. The van der Waals surface area contributed by atoms with Gasteiger partial charge in [0.2, 0.25) is 0 Å². The van der Waals surface area contributed by atoms with E-state index in [1.165, 1.54) is 0 Å². The van der Waals surface area contributed by atoms with Crippen LogP contribution in [0.15, 0.2) is 53.9 Å². The normalized spacial score (nSPS) is 10.5. The largest absolute Gasteiger partial charge is 0.497 e. The number of rotatable bonds is 5. The molecule has 0 bridgehead atoms. The summed E-state index contributed by atoms with van der Waals surface area (Å²) >= 11 is 1.60. The lowest BCUT2D eigenvalue weighted by atomic mass is 10.1.